The van der Waals surface area contributed by atoms with Crippen LogP contribution in [0.4, 0.5) is 0 Å². The largest absolute Gasteiger partial charge is 0.461 e. The highest BCUT2D eigenvalue weighted by Gasteiger charge is 2.59. The number of esters is 2. The molecule has 10 heteroatoms. The summed E-state index contributed by atoms with van der Waals surface area (Å²) in [5.74, 6) is -2.74. The Bertz CT molecular complexity index is 735. The van der Waals surface area contributed by atoms with Crippen molar-refractivity contribution in [3.05, 3.63) is 11.3 Å². The number of halogens is 1. The number of alkyl halides is 1. The van der Waals surface area contributed by atoms with E-state index in [0.717, 1.165) is 11.8 Å². The fraction of sp³-hybridized carbons (Fsp3) is 0.643. The van der Waals surface area contributed by atoms with Crippen LogP contribution in [0.3, 0.4) is 0 Å². The van der Waals surface area contributed by atoms with Crippen LogP contribution in [-0.2, 0) is 33.7 Å². The van der Waals surface area contributed by atoms with E-state index in [0.29, 0.717) is 0 Å². The van der Waals surface area contributed by atoms with Gasteiger partial charge in [-0.25, -0.2) is 13.2 Å². The van der Waals surface area contributed by atoms with E-state index in [1.165, 1.54) is 0 Å². The Morgan fingerprint density at radius 1 is 1.33 bits per heavy atom. The van der Waals surface area contributed by atoms with Crippen LogP contribution in [0.25, 0.3) is 0 Å². The second kappa shape index (κ2) is 6.03. The summed E-state index contributed by atoms with van der Waals surface area (Å²) in [5, 5.41) is -2.56. The van der Waals surface area contributed by atoms with Gasteiger partial charge in [0.25, 0.3) is 0 Å². The van der Waals surface area contributed by atoms with Crippen molar-refractivity contribution in [2.24, 2.45) is 0 Å². The first-order valence-electron chi connectivity index (χ1n) is 7.12. The van der Waals surface area contributed by atoms with Crippen molar-refractivity contribution >= 4 is 39.3 Å². The number of fused-ring (bicyclic) bond motifs is 1. The second-order valence-corrected chi connectivity index (χ2v) is 9.11. The number of sulfone groups is 1. The van der Waals surface area contributed by atoms with Crippen molar-refractivity contribution < 1.29 is 32.3 Å². The molecule has 0 aromatic carbocycles. The Kier molecular flexibility index (Phi) is 4.71. The first-order chi connectivity index (χ1) is 10.8. The highest BCUT2D eigenvalue weighted by Crippen LogP contribution is 2.40. The average molecular weight is 380 g/mol. The zero-order valence-electron chi connectivity index (χ0n) is 13.7. The van der Waals surface area contributed by atoms with Gasteiger partial charge in [0.2, 0.25) is 5.91 Å². The summed E-state index contributed by atoms with van der Waals surface area (Å²) in [4.78, 5) is 36.3. The van der Waals surface area contributed by atoms with Crippen molar-refractivity contribution in [1.29, 1.82) is 0 Å². The maximum absolute atomic E-state index is 12.5. The lowest BCUT2D eigenvalue weighted by Gasteiger charge is -2.47. The first-order valence-corrected chi connectivity index (χ1v) is 9.28. The Morgan fingerprint density at radius 3 is 2.42 bits per heavy atom. The monoisotopic (exact) mass is 379 g/mol. The number of hydrogen-bond donors (Lipinski definition) is 0. The first kappa shape index (κ1) is 18.7. The molecule has 2 aliphatic heterocycles. The van der Waals surface area contributed by atoms with Crippen LogP contribution in [0, 0.1) is 0 Å². The van der Waals surface area contributed by atoms with Gasteiger partial charge in [-0.15, -0.1) is 11.6 Å². The molecule has 2 rings (SSSR count). The van der Waals surface area contributed by atoms with Crippen LogP contribution < -0.4 is 0 Å². The van der Waals surface area contributed by atoms with Crippen molar-refractivity contribution in [2.45, 2.75) is 44.0 Å². The molecule has 0 aromatic rings. The highest BCUT2D eigenvalue weighted by atomic mass is 35.5. The van der Waals surface area contributed by atoms with Gasteiger partial charge in [0, 0.05) is 12.5 Å². The van der Waals surface area contributed by atoms with E-state index in [4.69, 9.17) is 21.1 Å². The molecule has 0 radical (unpaired) electrons. The number of hydrogen-bond acceptors (Lipinski definition) is 7. The topological polar surface area (TPSA) is 107 Å². The Balaban J connectivity index is 2.48. The molecule has 8 nitrogen and oxygen atoms in total. The third kappa shape index (κ3) is 3.41. The number of carbonyl (C=O) groups is 3. The number of amides is 1. The summed E-state index contributed by atoms with van der Waals surface area (Å²) in [6.45, 7) is 5.63. The molecule has 0 spiro atoms. The summed E-state index contributed by atoms with van der Waals surface area (Å²) in [7, 11) is -3.80. The third-order valence-electron chi connectivity index (χ3n) is 3.34. The van der Waals surface area contributed by atoms with Crippen molar-refractivity contribution in [3.8, 4) is 0 Å². The van der Waals surface area contributed by atoms with Gasteiger partial charge in [0.05, 0.1) is 5.75 Å². The van der Waals surface area contributed by atoms with E-state index in [2.05, 4.69) is 0 Å². The number of nitrogens with zero attached hydrogens (tertiary/aromatic N) is 1. The van der Waals surface area contributed by atoms with E-state index in [-0.39, 0.29) is 11.3 Å². The minimum Gasteiger partial charge on any atom is -0.461 e. The lowest BCUT2D eigenvalue weighted by molar-refractivity contribution is -0.157. The van der Waals surface area contributed by atoms with Gasteiger partial charge in [-0.05, 0) is 20.8 Å². The van der Waals surface area contributed by atoms with Crippen molar-refractivity contribution in [1.82, 2.24) is 4.90 Å². The molecule has 0 bridgehead atoms. The molecule has 0 N–H and O–H groups in total. The van der Waals surface area contributed by atoms with E-state index in [9.17, 15) is 22.8 Å². The molecule has 24 heavy (non-hydrogen) atoms. The maximum atomic E-state index is 12.5. The quantitative estimate of drug-likeness (QED) is 0.395. The highest BCUT2D eigenvalue weighted by molar-refractivity contribution is 7.92. The molecule has 1 amide bonds. The van der Waals surface area contributed by atoms with E-state index < -0.39 is 56.4 Å². The lowest BCUT2D eigenvalue weighted by atomic mass is 10.1. The summed E-state index contributed by atoms with van der Waals surface area (Å²) in [5.41, 5.74) is -1.07. The van der Waals surface area contributed by atoms with Gasteiger partial charge in [-0.2, -0.15) is 0 Å². The average Bonchev–Trinajstić information content (AvgIpc) is 2.40. The molecule has 1 saturated heterocycles. The number of ether oxygens (including phenoxy) is 2. The maximum Gasteiger partial charge on any atom is 0.355 e. The van der Waals surface area contributed by atoms with Crippen LogP contribution >= 0.6 is 11.6 Å². The normalized spacial score (nSPS) is 25.7. The van der Waals surface area contributed by atoms with E-state index in [1.807, 2.05) is 0 Å². The van der Waals surface area contributed by atoms with Gasteiger partial charge < -0.3 is 9.47 Å². The predicted octanol–water partition coefficient (Wildman–Crippen LogP) is 0.349. The van der Waals surface area contributed by atoms with Gasteiger partial charge in [0.15, 0.2) is 15.2 Å². The fourth-order valence-electron chi connectivity index (χ4n) is 2.44. The number of carbonyl (C=O) groups excluding carboxylic acids is 3. The zero-order chi connectivity index (χ0) is 18.4. The molecule has 1 unspecified atom stereocenters. The van der Waals surface area contributed by atoms with Crippen molar-refractivity contribution in [3.63, 3.8) is 0 Å². The summed E-state index contributed by atoms with van der Waals surface area (Å²) in [6.07, 6.45) is 0. The smallest absolute Gasteiger partial charge is 0.355 e. The predicted molar refractivity (Wildman–Crippen MR) is 83.6 cm³/mol. The molecule has 0 saturated carbocycles. The Morgan fingerprint density at radius 2 is 1.92 bits per heavy atom. The number of rotatable bonds is 3. The van der Waals surface area contributed by atoms with Crippen LogP contribution in [0.2, 0.25) is 0 Å². The third-order valence-corrected chi connectivity index (χ3v) is 5.88. The molecule has 1 fully saturated rings. The molecule has 0 aliphatic carbocycles. The van der Waals surface area contributed by atoms with Crippen LogP contribution in [0.5, 0.6) is 0 Å². The van der Waals surface area contributed by atoms with Crippen LogP contribution in [0.15, 0.2) is 11.3 Å². The summed E-state index contributed by atoms with van der Waals surface area (Å²) in [6, 6.07) is 0. The minimum absolute atomic E-state index is 0.00684. The van der Waals surface area contributed by atoms with Gasteiger partial charge >= 0.3 is 11.9 Å². The van der Waals surface area contributed by atoms with Gasteiger partial charge in [-0.3, -0.25) is 14.5 Å². The molecular weight excluding hydrogens is 362 g/mol. The molecule has 0 aromatic heterocycles. The van der Waals surface area contributed by atoms with E-state index >= 15 is 0 Å². The second-order valence-electron chi connectivity index (χ2n) is 6.54. The Hall–Kier alpha value is -1.61. The van der Waals surface area contributed by atoms with E-state index in [1.54, 1.807) is 20.8 Å². The Labute approximate surface area is 144 Å². The molecule has 2 atom stereocenters. The molecular formula is C14H18ClNO7S. The van der Waals surface area contributed by atoms with Crippen LogP contribution in [-0.4, -0.2) is 59.9 Å². The van der Waals surface area contributed by atoms with Crippen molar-refractivity contribution in [2.75, 3.05) is 12.4 Å². The summed E-state index contributed by atoms with van der Waals surface area (Å²) < 4.78 is 34.7. The lowest BCUT2D eigenvalue weighted by Crippen LogP contribution is -2.68. The molecule has 2 heterocycles. The fourth-order valence-corrected chi connectivity index (χ4v) is 5.02. The standard InChI is InChI=1S/C14H18ClNO7S/c1-7(17)22-5-8-6-24(20,21)12-9(15)11(18)16(12)10(8)13(19)23-14(2,3)4/h9,12H,5-6H2,1-4H3/t9-,12?/m1/s1. The molecule has 134 valence electrons. The number of β-lactam (4-membered cyclic amide) rings is 1. The van der Waals surface area contributed by atoms with Gasteiger partial charge in [0.1, 0.15) is 23.3 Å². The minimum atomic E-state index is -3.80. The molecule has 2 aliphatic rings. The zero-order valence-corrected chi connectivity index (χ0v) is 15.2. The van der Waals surface area contributed by atoms with Crippen LogP contribution in [0.1, 0.15) is 27.7 Å². The SMILES string of the molecule is CC(=O)OCC1=C(C(=O)OC(C)(C)C)N2C(=O)[C@@H](Cl)C2S(=O)(=O)C1. The summed E-state index contributed by atoms with van der Waals surface area (Å²) >= 11 is 5.81. The van der Waals surface area contributed by atoms with Gasteiger partial charge in [-0.1, -0.05) is 0 Å².